The number of benzene rings is 1. The van der Waals surface area contributed by atoms with Gasteiger partial charge in [-0.05, 0) is 36.1 Å². The van der Waals surface area contributed by atoms with Gasteiger partial charge in [0.2, 0.25) is 0 Å². The fraction of sp³-hybridized carbons (Fsp3) is 0.0833. The highest BCUT2D eigenvalue weighted by atomic mass is 79.9. The molecule has 2 rings (SSSR count). The van der Waals surface area contributed by atoms with Crippen LogP contribution in [-0.2, 0) is 10.0 Å². The third-order valence-corrected chi connectivity index (χ3v) is 5.81. The molecule has 0 atom stereocenters. The Balaban J connectivity index is 2.51. The van der Waals surface area contributed by atoms with Gasteiger partial charge in [0.15, 0.2) is 0 Å². The Morgan fingerprint density at radius 2 is 2.10 bits per heavy atom. The third-order valence-electron chi connectivity index (χ3n) is 2.55. The summed E-state index contributed by atoms with van der Waals surface area (Å²) in [6.07, 6.45) is 0. The van der Waals surface area contributed by atoms with E-state index in [0.29, 0.717) is 10.0 Å². The van der Waals surface area contributed by atoms with E-state index in [1.54, 1.807) is 0 Å². The molecule has 2 N–H and O–H groups in total. The van der Waals surface area contributed by atoms with Crippen molar-refractivity contribution in [1.29, 1.82) is 0 Å². The van der Waals surface area contributed by atoms with E-state index in [-0.39, 0.29) is 15.5 Å². The number of carboxylic acids is 1. The number of thiophene rings is 1. The number of rotatable bonds is 4. The number of hydrogen-bond acceptors (Lipinski definition) is 4. The van der Waals surface area contributed by atoms with Gasteiger partial charge in [0.1, 0.15) is 15.6 Å². The molecule has 0 bridgehead atoms. The van der Waals surface area contributed by atoms with Crippen molar-refractivity contribution in [3.8, 4) is 0 Å². The first kappa shape index (κ1) is 15.9. The minimum Gasteiger partial charge on any atom is -0.477 e. The third kappa shape index (κ3) is 3.25. The lowest BCUT2D eigenvalue weighted by Crippen LogP contribution is -2.17. The van der Waals surface area contributed by atoms with Gasteiger partial charge in [0.25, 0.3) is 10.0 Å². The van der Waals surface area contributed by atoms with E-state index in [1.807, 2.05) is 0 Å². The van der Waals surface area contributed by atoms with Crippen LogP contribution in [-0.4, -0.2) is 19.5 Å². The summed E-state index contributed by atoms with van der Waals surface area (Å²) in [6.45, 7) is 1.48. The van der Waals surface area contributed by atoms with Gasteiger partial charge in [-0.15, -0.1) is 11.3 Å². The van der Waals surface area contributed by atoms with Crippen LogP contribution >= 0.6 is 27.3 Å². The summed E-state index contributed by atoms with van der Waals surface area (Å²) in [5.74, 6) is -2.10. The minimum absolute atomic E-state index is 0.258. The summed E-state index contributed by atoms with van der Waals surface area (Å²) in [7, 11) is -4.20. The van der Waals surface area contributed by atoms with Gasteiger partial charge in [-0.2, -0.15) is 0 Å². The summed E-state index contributed by atoms with van der Waals surface area (Å²) >= 11 is 3.92. The van der Waals surface area contributed by atoms with Crippen molar-refractivity contribution < 1.29 is 22.7 Å². The maximum absolute atomic E-state index is 13.6. The Labute approximate surface area is 132 Å². The van der Waals surface area contributed by atoms with Crippen LogP contribution in [0.5, 0.6) is 0 Å². The molecule has 9 heteroatoms. The number of halogens is 2. The molecule has 0 aliphatic carbocycles. The topological polar surface area (TPSA) is 83.5 Å². The first-order valence-corrected chi connectivity index (χ1v) is 8.67. The molecule has 1 aromatic heterocycles. The highest BCUT2D eigenvalue weighted by Gasteiger charge is 2.27. The molecule has 5 nitrogen and oxygen atoms in total. The van der Waals surface area contributed by atoms with Crippen molar-refractivity contribution in [2.24, 2.45) is 0 Å². The average Bonchev–Trinajstić information content (AvgIpc) is 2.76. The summed E-state index contributed by atoms with van der Waals surface area (Å²) < 4.78 is 40.8. The zero-order valence-electron chi connectivity index (χ0n) is 10.6. The van der Waals surface area contributed by atoms with Gasteiger partial charge in [-0.25, -0.2) is 17.6 Å². The SMILES string of the molecule is Cc1csc(C(=O)O)c1S(=O)(=O)Nc1cc(Br)ccc1F. The molecule has 0 fully saturated rings. The van der Waals surface area contributed by atoms with E-state index in [1.165, 1.54) is 24.4 Å². The first-order valence-electron chi connectivity index (χ1n) is 5.51. The molecule has 1 heterocycles. The molecule has 21 heavy (non-hydrogen) atoms. The number of hydrogen-bond donors (Lipinski definition) is 2. The standard InChI is InChI=1S/C12H9BrFNO4S2/c1-6-5-20-10(12(16)17)11(6)21(18,19)15-9-4-7(13)2-3-8(9)14/h2-5,15H,1H3,(H,16,17). The molecular formula is C12H9BrFNO4S2. The van der Waals surface area contributed by atoms with Gasteiger partial charge >= 0.3 is 5.97 Å². The van der Waals surface area contributed by atoms with Crippen molar-refractivity contribution in [3.63, 3.8) is 0 Å². The Morgan fingerprint density at radius 1 is 1.43 bits per heavy atom. The van der Waals surface area contributed by atoms with E-state index in [9.17, 15) is 17.6 Å². The van der Waals surface area contributed by atoms with Gasteiger partial charge < -0.3 is 5.11 Å². The first-order chi connectivity index (χ1) is 9.72. The van der Waals surface area contributed by atoms with Crippen molar-refractivity contribution in [3.05, 3.63) is 44.3 Å². The molecule has 0 aliphatic heterocycles. The molecule has 0 spiro atoms. The summed E-state index contributed by atoms with van der Waals surface area (Å²) in [5, 5.41) is 10.5. The lowest BCUT2D eigenvalue weighted by molar-refractivity contribution is 0.0698. The Morgan fingerprint density at radius 3 is 2.71 bits per heavy atom. The zero-order chi connectivity index (χ0) is 15.8. The monoisotopic (exact) mass is 393 g/mol. The van der Waals surface area contributed by atoms with Crippen LogP contribution < -0.4 is 4.72 Å². The fourth-order valence-corrected chi connectivity index (χ4v) is 4.74. The summed E-state index contributed by atoms with van der Waals surface area (Å²) in [5.41, 5.74) is 0.0339. The molecule has 112 valence electrons. The number of nitrogens with one attached hydrogen (secondary N) is 1. The highest BCUT2D eigenvalue weighted by Crippen LogP contribution is 2.30. The number of carbonyl (C=O) groups is 1. The molecule has 1 aromatic carbocycles. The predicted octanol–water partition coefficient (Wildman–Crippen LogP) is 3.46. The molecule has 0 radical (unpaired) electrons. The second-order valence-corrected chi connectivity index (χ2v) is 7.53. The lowest BCUT2D eigenvalue weighted by atomic mass is 10.3. The minimum atomic E-state index is -4.20. The normalized spacial score (nSPS) is 11.4. The van der Waals surface area contributed by atoms with Gasteiger partial charge in [0, 0.05) is 4.47 Å². The van der Waals surface area contributed by atoms with Crippen molar-refractivity contribution >= 4 is 48.9 Å². The largest absolute Gasteiger partial charge is 0.477 e. The van der Waals surface area contributed by atoms with Crippen LogP contribution in [0.1, 0.15) is 15.2 Å². The molecule has 0 saturated heterocycles. The van der Waals surface area contributed by atoms with E-state index in [4.69, 9.17) is 5.11 Å². The van der Waals surface area contributed by atoms with E-state index >= 15 is 0 Å². The Hall–Kier alpha value is -1.45. The van der Waals surface area contributed by atoms with Crippen molar-refractivity contribution in [2.75, 3.05) is 4.72 Å². The van der Waals surface area contributed by atoms with Gasteiger partial charge in [-0.3, -0.25) is 4.72 Å². The molecule has 0 aliphatic rings. The van der Waals surface area contributed by atoms with Crippen molar-refractivity contribution in [2.45, 2.75) is 11.8 Å². The van der Waals surface area contributed by atoms with E-state index in [0.717, 1.165) is 17.4 Å². The van der Waals surface area contributed by atoms with Crippen LogP contribution in [0.4, 0.5) is 10.1 Å². The maximum Gasteiger partial charge on any atom is 0.347 e. The molecular weight excluding hydrogens is 385 g/mol. The van der Waals surface area contributed by atoms with Crippen LogP contribution in [0.2, 0.25) is 0 Å². The fourth-order valence-electron chi connectivity index (χ4n) is 1.69. The molecule has 0 unspecified atom stereocenters. The molecule has 0 saturated carbocycles. The zero-order valence-corrected chi connectivity index (χ0v) is 13.8. The summed E-state index contributed by atoms with van der Waals surface area (Å²) in [4.78, 5) is 10.4. The van der Waals surface area contributed by atoms with Crippen LogP contribution in [0.3, 0.4) is 0 Å². The number of aryl methyl sites for hydroxylation is 1. The second kappa shape index (κ2) is 5.74. The molecule has 2 aromatic rings. The average molecular weight is 394 g/mol. The summed E-state index contributed by atoms with van der Waals surface area (Å²) in [6, 6.07) is 3.78. The number of aromatic carboxylic acids is 1. The highest BCUT2D eigenvalue weighted by molar-refractivity contribution is 9.10. The number of sulfonamides is 1. The maximum atomic E-state index is 13.6. The van der Waals surface area contributed by atoms with E-state index < -0.39 is 21.8 Å². The smallest absolute Gasteiger partial charge is 0.347 e. The van der Waals surface area contributed by atoms with Crippen LogP contribution in [0.15, 0.2) is 32.9 Å². The second-order valence-electron chi connectivity index (χ2n) is 4.11. The Kier molecular flexibility index (Phi) is 4.35. The Bertz CT molecular complexity index is 817. The van der Waals surface area contributed by atoms with Gasteiger partial charge in [-0.1, -0.05) is 15.9 Å². The van der Waals surface area contributed by atoms with Gasteiger partial charge in [0.05, 0.1) is 5.69 Å². The number of anilines is 1. The lowest BCUT2D eigenvalue weighted by Gasteiger charge is -2.10. The van der Waals surface area contributed by atoms with Crippen molar-refractivity contribution in [1.82, 2.24) is 0 Å². The molecule has 0 amide bonds. The quantitative estimate of drug-likeness (QED) is 0.832. The van der Waals surface area contributed by atoms with Crippen LogP contribution in [0.25, 0.3) is 0 Å². The number of carboxylic acid groups (broad SMARTS) is 1. The predicted molar refractivity (Wildman–Crippen MR) is 80.9 cm³/mol. The van der Waals surface area contributed by atoms with E-state index in [2.05, 4.69) is 20.7 Å². The van der Waals surface area contributed by atoms with Crippen LogP contribution in [0, 0.1) is 12.7 Å².